The van der Waals surface area contributed by atoms with E-state index in [1.807, 2.05) is 0 Å². The zero-order valence-corrected chi connectivity index (χ0v) is 11.3. The summed E-state index contributed by atoms with van der Waals surface area (Å²) in [6.45, 7) is 0.833. The molecule has 0 radical (unpaired) electrons. The summed E-state index contributed by atoms with van der Waals surface area (Å²) in [4.78, 5) is 25.2. The van der Waals surface area contributed by atoms with Crippen molar-refractivity contribution in [2.75, 3.05) is 13.2 Å². The molecule has 1 unspecified atom stereocenters. The molecular formula is C15H19NO4. The van der Waals surface area contributed by atoms with Crippen LogP contribution in [-0.2, 0) is 0 Å². The number of likely N-dealkylation sites (tertiary alicyclic amines) is 1. The van der Waals surface area contributed by atoms with Gasteiger partial charge < -0.3 is 15.1 Å². The number of carbonyl (C=O) groups excluding carboxylic acids is 1. The van der Waals surface area contributed by atoms with E-state index in [9.17, 15) is 9.59 Å². The summed E-state index contributed by atoms with van der Waals surface area (Å²) in [7, 11) is 0. The summed E-state index contributed by atoms with van der Waals surface area (Å²) >= 11 is 0. The normalized spacial score (nSPS) is 18.2. The van der Waals surface area contributed by atoms with Crippen molar-refractivity contribution in [1.29, 1.82) is 0 Å². The summed E-state index contributed by atoms with van der Waals surface area (Å²) in [5.41, 5.74) is 0.544. The summed E-state index contributed by atoms with van der Waals surface area (Å²) in [6, 6.07) is 6.30. The topological polar surface area (TPSA) is 77.8 Å². The molecule has 1 fully saturated rings. The Kier molecular flexibility index (Phi) is 4.74. The van der Waals surface area contributed by atoms with E-state index in [-0.39, 0.29) is 24.1 Å². The third kappa shape index (κ3) is 3.17. The fraction of sp³-hybridized carbons (Fsp3) is 0.467. The number of carboxylic acids is 1. The maximum Gasteiger partial charge on any atom is 0.335 e. The van der Waals surface area contributed by atoms with Crippen LogP contribution in [0.15, 0.2) is 24.3 Å². The Morgan fingerprint density at radius 3 is 2.75 bits per heavy atom. The van der Waals surface area contributed by atoms with Crippen molar-refractivity contribution < 1.29 is 19.8 Å². The number of aliphatic hydroxyl groups excluding tert-OH is 1. The maximum absolute atomic E-state index is 12.5. The monoisotopic (exact) mass is 277 g/mol. The van der Waals surface area contributed by atoms with Crippen molar-refractivity contribution in [3.8, 4) is 0 Å². The number of rotatable bonds is 5. The van der Waals surface area contributed by atoms with Gasteiger partial charge in [0.05, 0.1) is 5.56 Å². The maximum atomic E-state index is 12.5. The third-order valence-electron chi connectivity index (χ3n) is 3.69. The van der Waals surface area contributed by atoms with E-state index >= 15 is 0 Å². The fourth-order valence-electron chi connectivity index (χ4n) is 2.68. The summed E-state index contributed by atoms with van der Waals surface area (Å²) in [6.07, 6.45) is 3.38. The van der Waals surface area contributed by atoms with Crippen LogP contribution in [0.4, 0.5) is 0 Å². The number of hydrogen-bond acceptors (Lipinski definition) is 3. The van der Waals surface area contributed by atoms with Crippen molar-refractivity contribution in [3.05, 3.63) is 35.4 Å². The van der Waals surface area contributed by atoms with Gasteiger partial charge >= 0.3 is 5.97 Å². The number of hydrogen-bond donors (Lipinski definition) is 2. The van der Waals surface area contributed by atoms with Crippen LogP contribution >= 0.6 is 0 Å². The van der Waals surface area contributed by atoms with Gasteiger partial charge in [0, 0.05) is 24.8 Å². The Morgan fingerprint density at radius 1 is 1.30 bits per heavy atom. The zero-order valence-electron chi connectivity index (χ0n) is 11.3. The average Bonchev–Trinajstić information content (AvgIpc) is 2.92. The molecular weight excluding hydrogens is 258 g/mol. The molecule has 2 N–H and O–H groups in total. The molecule has 1 amide bonds. The second-order valence-electron chi connectivity index (χ2n) is 5.05. The highest BCUT2D eigenvalue weighted by molar-refractivity contribution is 5.97. The van der Waals surface area contributed by atoms with Gasteiger partial charge in [-0.15, -0.1) is 0 Å². The number of amides is 1. The molecule has 2 rings (SSSR count). The van der Waals surface area contributed by atoms with E-state index in [2.05, 4.69) is 0 Å². The van der Waals surface area contributed by atoms with Crippen LogP contribution in [-0.4, -0.2) is 46.2 Å². The molecule has 1 aliphatic heterocycles. The highest BCUT2D eigenvalue weighted by Gasteiger charge is 2.29. The minimum Gasteiger partial charge on any atom is -0.478 e. The molecule has 20 heavy (non-hydrogen) atoms. The van der Waals surface area contributed by atoms with Gasteiger partial charge in [-0.2, -0.15) is 0 Å². The lowest BCUT2D eigenvalue weighted by molar-refractivity contribution is 0.0697. The largest absolute Gasteiger partial charge is 0.478 e. The lowest BCUT2D eigenvalue weighted by Gasteiger charge is -2.24. The molecule has 1 aliphatic rings. The lowest BCUT2D eigenvalue weighted by atomic mass is 10.1. The van der Waals surface area contributed by atoms with Crippen LogP contribution in [0.5, 0.6) is 0 Å². The van der Waals surface area contributed by atoms with Gasteiger partial charge in [-0.1, -0.05) is 6.07 Å². The molecule has 0 aromatic heterocycles. The zero-order chi connectivity index (χ0) is 14.5. The molecule has 108 valence electrons. The van der Waals surface area contributed by atoms with Gasteiger partial charge in [-0.25, -0.2) is 4.79 Å². The van der Waals surface area contributed by atoms with Crippen LogP contribution in [0.3, 0.4) is 0 Å². The number of carboxylic acid groups (broad SMARTS) is 1. The average molecular weight is 277 g/mol. The van der Waals surface area contributed by atoms with E-state index < -0.39 is 5.97 Å². The van der Waals surface area contributed by atoms with Gasteiger partial charge in [0.2, 0.25) is 0 Å². The SMILES string of the molecule is O=C(O)c1cccc(C(=O)N2CCCC2CCCO)c1. The van der Waals surface area contributed by atoms with Crippen molar-refractivity contribution in [2.24, 2.45) is 0 Å². The highest BCUT2D eigenvalue weighted by atomic mass is 16.4. The first-order valence-corrected chi connectivity index (χ1v) is 6.88. The Balaban J connectivity index is 2.13. The van der Waals surface area contributed by atoms with Crippen LogP contribution in [0, 0.1) is 0 Å². The van der Waals surface area contributed by atoms with E-state index in [4.69, 9.17) is 10.2 Å². The Labute approximate surface area is 117 Å². The van der Waals surface area contributed by atoms with E-state index in [0.717, 1.165) is 19.3 Å². The minimum absolute atomic E-state index is 0.117. The molecule has 5 heteroatoms. The van der Waals surface area contributed by atoms with Gasteiger partial charge in [0.1, 0.15) is 0 Å². The quantitative estimate of drug-likeness (QED) is 0.859. The Bertz CT molecular complexity index is 500. The van der Waals surface area contributed by atoms with Crippen molar-refractivity contribution in [3.63, 3.8) is 0 Å². The van der Waals surface area contributed by atoms with Crippen LogP contribution < -0.4 is 0 Å². The molecule has 0 aliphatic carbocycles. The first-order valence-electron chi connectivity index (χ1n) is 6.88. The van der Waals surface area contributed by atoms with Crippen molar-refractivity contribution in [2.45, 2.75) is 31.7 Å². The van der Waals surface area contributed by atoms with Gasteiger partial charge in [0.15, 0.2) is 0 Å². The second kappa shape index (κ2) is 6.52. The molecule has 1 heterocycles. The van der Waals surface area contributed by atoms with Crippen molar-refractivity contribution >= 4 is 11.9 Å². The first kappa shape index (κ1) is 14.5. The summed E-state index contributed by atoms with van der Waals surface area (Å²) in [5, 5.41) is 17.9. The number of nitrogens with zero attached hydrogens (tertiary/aromatic N) is 1. The van der Waals surface area contributed by atoms with Gasteiger partial charge in [-0.05, 0) is 43.9 Å². The van der Waals surface area contributed by atoms with Crippen molar-refractivity contribution in [1.82, 2.24) is 4.90 Å². The number of carbonyl (C=O) groups is 2. The molecule has 1 aromatic rings. The number of benzene rings is 1. The molecule has 0 spiro atoms. The number of aliphatic hydroxyl groups is 1. The molecule has 1 saturated heterocycles. The van der Waals surface area contributed by atoms with Crippen LogP contribution in [0.25, 0.3) is 0 Å². The predicted molar refractivity (Wildman–Crippen MR) is 73.8 cm³/mol. The van der Waals surface area contributed by atoms with E-state index in [1.165, 1.54) is 12.1 Å². The van der Waals surface area contributed by atoms with Gasteiger partial charge in [-0.3, -0.25) is 4.79 Å². The lowest BCUT2D eigenvalue weighted by Crippen LogP contribution is -2.35. The molecule has 1 atom stereocenters. The Morgan fingerprint density at radius 2 is 2.05 bits per heavy atom. The highest BCUT2D eigenvalue weighted by Crippen LogP contribution is 2.23. The number of aromatic carboxylic acids is 1. The van der Waals surface area contributed by atoms with E-state index in [0.29, 0.717) is 18.5 Å². The van der Waals surface area contributed by atoms with Gasteiger partial charge in [0.25, 0.3) is 5.91 Å². The summed E-state index contributed by atoms with van der Waals surface area (Å²) < 4.78 is 0. The second-order valence-corrected chi connectivity index (χ2v) is 5.05. The van der Waals surface area contributed by atoms with Crippen LogP contribution in [0.2, 0.25) is 0 Å². The first-order chi connectivity index (χ1) is 9.63. The molecule has 1 aromatic carbocycles. The van der Waals surface area contributed by atoms with E-state index in [1.54, 1.807) is 17.0 Å². The molecule has 0 saturated carbocycles. The molecule has 0 bridgehead atoms. The predicted octanol–water partition coefficient (Wildman–Crippen LogP) is 1.76. The summed E-state index contributed by atoms with van der Waals surface area (Å²) in [5.74, 6) is -1.15. The van der Waals surface area contributed by atoms with Crippen LogP contribution in [0.1, 0.15) is 46.4 Å². The Hall–Kier alpha value is -1.88. The third-order valence-corrected chi connectivity index (χ3v) is 3.69. The minimum atomic E-state index is -1.03. The smallest absolute Gasteiger partial charge is 0.335 e. The molecule has 5 nitrogen and oxygen atoms in total. The standard InChI is InChI=1S/C15H19NO4/c17-9-3-7-13-6-2-8-16(13)14(18)11-4-1-5-12(10-11)15(19)20/h1,4-5,10,13,17H,2-3,6-9H2,(H,19,20). The fourth-order valence-corrected chi connectivity index (χ4v) is 2.68.